The molecule has 84 valence electrons. The van der Waals surface area contributed by atoms with Crippen LogP contribution in [0.25, 0.3) is 10.2 Å². The molecule has 4 heteroatoms. The monoisotopic (exact) mass is 234 g/mol. The van der Waals surface area contributed by atoms with E-state index < -0.39 is 0 Å². The Balaban J connectivity index is 2.10. The third-order valence-corrected chi connectivity index (χ3v) is 4.19. The summed E-state index contributed by atoms with van der Waals surface area (Å²) in [6.07, 6.45) is 0. The number of nitrogens with two attached hydrogens (primary N) is 1. The molecule has 3 nitrogen and oxygen atoms in total. The normalized spacial score (nSPS) is 18.6. The average Bonchev–Trinajstić information content (AvgIpc) is 2.56. The molecule has 0 saturated carbocycles. The van der Waals surface area contributed by atoms with Crippen molar-refractivity contribution in [2.75, 3.05) is 19.8 Å². The lowest BCUT2D eigenvalue weighted by molar-refractivity contribution is -0.0549. The summed E-state index contributed by atoms with van der Waals surface area (Å²) < 4.78 is 6.55. The van der Waals surface area contributed by atoms with E-state index >= 15 is 0 Å². The Kier molecular flexibility index (Phi) is 2.24. The average molecular weight is 234 g/mol. The molecule has 1 aromatic carbocycles. The minimum atomic E-state index is 0.0477. The molecule has 1 aliphatic heterocycles. The van der Waals surface area contributed by atoms with Crippen molar-refractivity contribution in [1.29, 1.82) is 0 Å². The highest BCUT2D eigenvalue weighted by Gasteiger charge is 2.39. The summed E-state index contributed by atoms with van der Waals surface area (Å²) in [6.45, 7) is 4.17. The molecule has 0 radical (unpaired) electrons. The number of hydrogen-bond acceptors (Lipinski definition) is 4. The van der Waals surface area contributed by atoms with Crippen molar-refractivity contribution >= 4 is 21.6 Å². The molecule has 2 aromatic rings. The Hall–Kier alpha value is -0.970. The molecule has 1 saturated heterocycles. The fourth-order valence-corrected chi connectivity index (χ4v) is 2.99. The first-order valence-corrected chi connectivity index (χ1v) is 6.21. The molecular weight excluding hydrogens is 220 g/mol. The second kappa shape index (κ2) is 3.52. The van der Waals surface area contributed by atoms with Gasteiger partial charge in [0.25, 0.3) is 0 Å². The van der Waals surface area contributed by atoms with Gasteiger partial charge in [-0.2, -0.15) is 0 Å². The molecule has 1 aromatic heterocycles. The van der Waals surface area contributed by atoms with Crippen molar-refractivity contribution in [3.63, 3.8) is 0 Å². The standard InChI is InChI=1S/C12H14N2OS/c1-8-14-10-3-2-9(4-11(10)16-8)12(5-13)6-15-7-12/h2-4H,5-7,13H2,1H3. The predicted molar refractivity (Wildman–Crippen MR) is 65.9 cm³/mol. The van der Waals surface area contributed by atoms with Crippen LogP contribution in [0.15, 0.2) is 18.2 Å². The molecule has 0 aliphatic carbocycles. The summed E-state index contributed by atoms with van der Waals surface area (Å²) in [6, 6.07) is 6.44. The van der Waals surface area contributed by atoms with E-state index in [1.165, 1.54) is 10.3 Å². The zero-order valence-corrected chi connectivity index (χ0v) is 10.0. The first-order chi connectivity index (χ1) is 7.73. The topological polar surface area (TPSA) is 48.1 Å². The molecular formula is C12H14N2OS. The van der Waals surface area contributed by atoms with Crippen LogP contribution in [0.3, 0.4) is 0 Å². The van der Waals surface area contributed by atoms with Gasteiger partial charge in [-0.1, -0.05) is 6.07 Å². The number of aryl methyl sites for hydroxylation is 1. The first kappa shape index (κ1) is 10.2. The SMILES string of the molecule is Cc1nc2ccc(C3(CN)COC3)cc2s1. The highest BCUT2D eigenvalue weighted by atomic mass is 32.1. The van der Waals surface area contributed by atoms with Gasteiger partial charge >= 0.3 is 0 Å². The van der Waals surface area contributed by atoms with Crippen molar-refractivity contribution in [2.24, 2.45) is 5.73 Å². The molecule has 0 bridgehead atoms. The van der Waals surface area contributed by atoms with Gasteiger partial charge in [0.2, 0.25) is 0 Å². The maximum Gasteiger partial charge on any atom is 0.0907 e. The fraction of sp³-hybridized carbons (Fsp3) is 0.417. The zero-order valence-electron chi connectivity index (χ0n) is 9.19. The third kappa shape index (κ3) is 1.38. The molecule has 1 aliphatic rings. The van der Waals surface area contributed by atoms with E-state index in [9.17, 15) is 0 Å². The predicted octanol–water partition coefficient (Wildman–Crippen LogP) is 1.83. The van der Waals surface area contributed by atoms with E-state index in [1.54, 1.807) is 11.3 Å². The third-order valence-electron chi connectivity index (χ3n) is 3.26. The lowest BCUT2D eigenvalue weighted by atomic mass is 9.79. The first-order valence-electron chi connectivity index (χ1n) is 5.39. The van der Waals surface area contributed by atoms with Gasteiger partial charge in [-0.05, 0) is 24.6 Å². The molecule has 2 N–H and O–H groups in total. The van der Waals surface area contributed by atoms with Crippen LogP contribution in [0.4, 0.5) is 0 Å². The van der Waals surface area contributed by atoms with Gasteiger partial charge in [0, 0.05) is 6.54 Å². The quantitative estimate of drug-likeness (QED) is 0.862. The van der Waals surface area contributed by atoms with Crippen molar-refractivity contribution in [3.8, 4) is 0 Å². The minimum Gasteiger partial charge on any atom is -0.379 e. The van der Waals surface area contributed by atoms with Crippen molar-refractivity contribution in [2.45, 2.75) is 12.3 Å². The van der Waals surface area contributed by atoms with Crippen LogP contribution in [0.5, 0.6) is 0 Å². The fourth-order valence-electron chi connectivity index (χ4n) is 2.12. The molecule has 3 rings (SSSR count). The molecule has 0 amide bonds. The van der Waals surface area contributed by atoms with E-state index in [0.717, 1.165) is 23.7 Å². The molecule has 0 spiro atoms. The van der Waals surface area contributed by atoms with Crippen molar-refractivity contribution in [1.82, 2.24) is 4.98 Å². The van der Waals surface area contributed by atoms with Crippen LogP contribution in [0.1, 0.15) is 10.6 Å². The summed E-state index contributed by atoms with van der Waals surface area (Å²) >= 11 is 1.73. The molecule has 1 fully saturated rings. The van der Waals surface area contributed by atoms with E-state index in [4.69, 9.17) is 10.5 Å². The highest BCUT2D eigenvalue weighted by Crippen LogP contribution is 2.34. The van der Waals surface area contributed by atoms with Gasteiger partial charge in [-0.3, -0.25) is 0 Å². The summed E-state index contributed by atoms with van der Waals surface area (Å²) in [5.74, 6) is 0. The van der Waals surface area contributed by atoms with Crippen LogP contribution in [-0.4, -0.2) is 24.7 Å². The lowest BCUT2D eigenvalue weighted by Crippen LogP contribution is -2.52. The Morgan fingerprint density at radius 3 is 2.94 bits per heavy atom. The van der Waals surface area contributed by atoms with Gasteiger partial charge in [-0.15, -0.1) is 11.3 Å². The Morgan fingerprint density at radius 1 is 1.50 bits per heavy atom. The van der Waals surface area contributed by atoms with Crippen LogP contribution in [-0.2, 0) is 10.2 Å². The van der Waals surface area contributed by atoms with Gasteiger partial charge in [0.1, 0.15) is 0 Å². The van der Waals surface area contributed by atoms with E-state index in [1.807, 2.05) is 6.92 Å². The van der Waals surface area contributed by atoms with Crippen LogP contribution >= 0.6 is 11.3 Å². The van der Waals surface area contributed by atoms with Gasteiger partial charge in [-0.25, -0.2) is 4.98 Å². The van der Waals surface area contributed by atoms with Gasteiger partial charge < -0.3 is 10.5 Å². The second-order valence-electron chi connectivity index (χ2n) is 4.39. The summed E-state index contributed by atoms with van der Waals surface area (Å²) in [4.78, 5) is 4.46. The minimum absolute atomic E-state index is 0.0477. The molecule has 0 unspecified atom stereocenters. The van der Waals surface area contributed by atoms with Crippen molar-refractivity contribution in [3.05, 3.63) is 28.8 Å². The van der Waals surface area contributed by atoms with Crippen molar-refractivity contribution < 1.29 is 4.74 Å². The largest absolute Gasteiger partial charge is 0.379 e. The van der Waals surface area contributed by atoms with Gasteiger partial charge in [0.05, 0.1) is 33.9 Å². The van der Waals surface area contributed by atoms with Crippen LogP contribution in [0, 0.1) is 6.92 Å². The summed E-state index contributed by atoms with van der Waals surface area (Å²) in [5, 5.41) is 1.11. The zero-order chi connectivity index (χ0) is 11.2. The number of thiazole rings is 1. The van der Waals surface area contributed by atoms with Crippen LogP contribution < -0.4 is 5.73 Å². The second-order valence-corrected chi connectivity index (χ2v) is 5.63. The Morgan fingerprint density at radius 2 is 2.31 bits per heavy atom. The molecule has 0 atom stereocenters. The number of aromatic nitrogens is 1. The van der Waals surface area contributed by atoms with E-state index in [0.29, 0.717) is 6.54 Å². The van der Waals surface area contributed by atoms with Gasteiger partial charge in [0.15, 0.2) is 0 Å². The maximum atomic E-state index is 5.86. The van der Waals surface area contributed by atoms with E-state index in [2.05, 4.69) is 23.2 Å². The number of fused-ring (bicyclic) bond motifs is 1. The smallest absolute Gasteiger partial charge is 0.0907 e. The number of nitrogens with zero attached hydrogens (tertiary/aromatic N) is 1. The summed E-state index contributed by atoms with van der Waals surface area (Å²) in [7, 11) is 0. The van der Waals surface area contributed by atoms with E-state index in [-0.39, 0.29) is 5.41 Å². The lowest BCUT2D eigenvalue weighted by Gasteiger charge is -2.41. The highest BCUT2D eigenvalue weighted by molar-refractivity contribution is 7.18. The molecule has 2 heterocycles. The molecule has 16 heavy (non-hydrogen) atoms. The number of benzene rings is 1. The summed E-state index contributed by atoms with van der Waals surface area (Å²) in [5.41, 5.74) is 8.28. The number of hydrogen-bond donors (Lipinski definition) is 1. The van der Waals surface area contributed by atoms with Crippen LogP contribution in [0.2, 0.25) is 0 Å². The number of rotatable bonds is 2. The number of ether oxygens (including phenoxy) is 1. The Bertz CT molecular complexity index is 525. The maximum absolute atomic E-state index is 5.86. The Labute approximate surface area is 98.2 Å².